The van der Waals surface area contributed by atoms with Crippen molar-refractivity contribution in [1.82, 2.24) is 19.8 Å². The fourth-order valence-corrected chi connectivity index (χ4v) is 11.6. The van der Waals surface area contributed by atoms with Crippen molar-refractivity contribution in [2.24, 2.45) is 36.1 Å². The third kappa shape index (κ3) is 5.94. The van der Waals surface area contributed by atoms with Crippen molar-refractivity contribution in [2.75, 3.05) is 31.2 Å². The molecule has 2 saturated heterocycles. The Hall–Kier alpha value is -5.65. The summed E-state index contributed by atoms with van der Waals surface area (Å²) in [5.41, 5.74) is -0.246. The molecule has 62 heavy (non-hydrogen) atoms. The third-order valence-electron chi connectivity index (χ3n) is 13.0. The summed E-state index contributed by atoms with van der Waals surface area (Å²) in [6, 6.07) is 12.1. The molecule has 3 aromatic heterocycles. The van der Waals surface area contributed by atoms with E-state index in [9.17, 15) is 27.9 Å². The zero-order valence-electron chi connectivity index (χ0n) is 33.9. The van der Waals surface area contributed by atoms with Crippen molar-refractivity contribution < 1.29 is 46.9 Å². The molecule has 6 atom stereocenters. The number of nitrogens with zero attached hydrogens (tertiary/aromatic N) is 6. The van der Waals surface area contributed by atoms with Gasteiger partial charge in [-0.1, -0.05) is 34.9 Å². The SMILES string of the molecule is COc1cc(C2C3=CCC4C(=O)N(N(C)c5nc(C(F)(F)F)ccc5Cl)C(=O)C4C3CC3C(=O)N(c4cc(-c5sc6ccc(Cl)cc6c5C)nn4C)C(=O)C32C)cc(OC)c1O. The number of halogens is 5. The molecule has 19 heteroatoms. The number of anilines is 2. The van der Waals surface area contributed by atoms with Crippen LogP contribution in [-0.4, -0.2) is 69.8 Å². The van der Waals surface area contributed by atoms with E-state index < -0.39 is 76.3 Å². The van der Waals surface area contributed by atoms with E-state index in [2.05, 4.69) is 4.98 Å². The summed E-state index contributed by atoms with van der Waals surface area (Å²) in [7, 11) is 5.59. The molecular weight excluding hydrogens is 872 g/mol. The topological polar surface area (TPSA) is 147 Å². The number of carbonyl (C=O) groups is 4. The first-order valence-corrected chi connectivity index (χ1v) is 21.0. The molecule has 0 radical (unpaired) electrons. The fraction of sp³-hybridized carbons (Fsp3) is 0.349. The first-order valence-electron chi connectivity index (χ1n) is 19.4. The second-order valence-corrected chi connectivity index (χ2v) is 18.1. The second kappa shape index (κ2) is 14.5. The number of rotatable bonds is 7. The lowest BCUT2D eigenvalue weighted by atomic mass is 9.51. The maximum atomic E-state index is 15.3. The van der Waals surface area contributed by atoms with E-state index in [1.54, 1.807) is 38.2 Å². The molecule has 0 bridgehead atoms. The van der Waals surface area contributed by atoms with Gasteiger partial charge in [0.25, 0.3) is 11.8 Å². The Kier molecular flexibility index (Phi) is 9.72. The van der Waals surface area contributed by atoms with Gasteiger partial charge in [-0.3, -0.25) is 28.9 Å². The molecule has 4 aliphatic rings. The molecule has 13 nitrogen and oxygen atoms in total. The number of carbonyl (C=O) groups excluding carboxylic acids is 4. The predicted octanol–water partition coefficient (Wildman–Crippen LogP) is 8.34. The number of amides is 4. The lowest BCUT2D eigenvalue weighted by Gasteiger charge is -2.49. The van der Waals surface area contributed by atoms with Gasteiger partial charge in [-0.15, -0.1) is 11.3 Å². The van der Waals surface area contributed by atoms with Crippen molar-refractivity contribution >= 4 is 79.9 Å². The molecule has 2 aromatic carbocycles. The number of aromatic nitrogens is 3. The number of pyridine rings is 1. The van der Waals surface area contributed by atoms with Crippen LogP contribution in [0.4, 0.5) is 24.8 Å². The summed E-state index contributed by atoms with van der Waals surface area (Å²) in [6.45, 7) is 3.66. The van der Waals surface area contributed by atoms with Gasteiger partial charge in [-0.25, -0.2) is 9.88 Å². The quantitative estimate of drug-likeness (QED) is 0.125. The van der Waals surface area contributed by atoms with Crippen molar-refractivity contribution in [1.29, 1.82) is 0 Å². The van der Waals surface area contributed by atoms with E-state index in [4.69, 9.17) is 37.8 Å². The smallest absolute Gasteiger partial charge is 0.433 e. The minimum Gasteiger partial charge on any atom is -0.502 e. The molecule has 2 aliphatic carbocycles. The highest BCUT2D eigenvalue weighted by Gasteiger charge is 2.68. The molecule has 322 valence electrons. The number of phenols is 1. The lowest BCUT2D eigenvalue weighted by molar-refractivity contribution is -0.141. The standard InChI is InChI=1S/C43H37Cl2F3N6O7S/c1-18-23-15-20(44)7-11-30(23)62-36(18)27-17-32(51(3)50-27)53-39(57)25-16-24-21(34(42(25,2)41(53)59)19-13-28(60-5)35(55)29(14-19)61-6)8-9-22-33(24)40(58)54(38(22)56)52(4)37-26(45)10-12-31(49-37)43(46,47)48/h7-8,10-15,17,22,24-25,33-34,55H,9,16H2,1-6H3. The number of fused-ring (bicyclic) bond motifs is 5. The predicted molar refractivity (Wildman–Crippen MR) is 224 cm³/mol. The molecule has 2 aliphatic heterocycles. The van der Waals surface area contributed by atoms with E-state index in [0.717, 1.165) is 41.5 Å². The number of phenolic OH excluding ortho intramolecular Hbond substituents is 1. The van der Waals surface area contributed by atoms with Gasteiger partial charge >= 0.3 is 6.18 Å². The number of hydrazine groups is 1. The number of allylic oxidation sites excluding steroid dienone is 2. The third-order valence-corrected chi connectivity index (χ3v) is 14.9. The number of hydrogen-bond donors (Lipinski definition) is 1. The molecule has 1 saturated carbocycles. The fourth-order valence-electron chi connectivity index (χ4n) is 10.1. The Bertz CT molecular complexity index is 2800. The van der Waals surface area contributed by atoms with Crippen molar-refractivity contribution in [3.63, 3.8) is 0 Å². The van der Waals surface area contributed by atoms with Crippen molar-refractivity contribution in [2.45, 2.75) is 38.8 Å². The van der Waals surface area contributed by atoms with Gasteiger partial charge in [0, 0.05) is 35.8 Å². The van der Waals surface area contributed by atoms with Crippen LogP contribution < -0.4 is 19.4 Å². The molecule has 5 aromatic rings. The van der Waals surface area contributed by atoms with Crippen LogP contribution in [0.15, 0.2) is 60.2 Å². The molecular formula is C43H37Cl2F3N6O7S. The van der Waals surface area contributed by atoms with Gasteiger partial charge in [-0.05, 0) is 91.6 Å². The van der Waals surface area contributed by atoms with Gasteiger partial charge in [0.1, 0.15) is 17.2 Å². The van der Waals surface area contributed by atoms with E-state index in [0.29, 0.717) is 27.9 Å². The van der Waals surface area contributed by atoms with E-state index in [1.807, 2.05) is 25.1 Å². The molecule has 6 unspecified atom stereocenters. The number of imide groups is 2. The summed E-state index contributed by atoms with van der Waals surface area (Å²) >= 11 is 14.1. The monoisotopic (exact) mass is 908 g/mol. The van der Waals surface area contributed by atoms with E-state index in [1.165, 1.54) is 37.3 Å². The zero-order chi connectivity index (χ0) is 44.5. The van der Waals surface area contributed by atoms with Crippen LogP contribution in [0, 0.1) is 36.0 Å². The average Bonchev–Trinajstić information content (AvgIpc) is 3.90. The molecule has 1 N–H and O–H groups in total. The van der Waals surface area contributed by atoms with Crippen molar-refractivity contribution in [3.8, 4) is 27.8 Å². The van der Waals surface area contributed by atoms with Gasteiger partial charge < -0.3 is 14.6 Å². The van der Waals surface area contributed by atoms with Gasteiger partial charge in [-0.2, -0.15) is 23.3 Å². The molecule has 4 amide bonds. The van der Waals surface area contributed by atoms with Crippen LogP contribution in [-0.2, 0) is 32.4 Å². The average molecular weight is 910 g/mol. The van der Waals surface area contributed by atoms with Gasteiger partial charge in [0.15, 0.2) is 17.3 Å². The summed E-state index contributed by atoms with van der Waals surface area (Å²) in [5, 5.41) is 18.7. The summed E-state index contributed by atoms with van der Waals surface area (Å²) in [4.78, 5) is 64.9. The van der Waals surface area contributed by atoms with Crippen molar-refractivity contribution in [3.05, 3.63) is 87.0 Å². The Labute approximate surface area is 366 Å². The number of aryl methyl sites for hydroxylation is 2. The Morgan fingerprint density at radius 1 is 0.968 bits per heavy atom. The summed E-state index contributed by atoms with van der Waals surface area (Å²) in [5.74, 6) is -7.73. The van der Waals surface area contributed by atoms with Crippen LogP contribution in [0.1, 0.15) is 42.5 Å². The Balaban J connectivity index is 1.15. The minimum absolute atomic E-state index is 0.0204. The molecule has 3 fully saturated rings. The van der Waals surface area contributed by atoms with Gasteiger partial charge in [0.05, 0.1) is 47.3 Å². The van der Waals surface area contributed by atoms with E-state index >= 15 is 9.59 Å². The van der Waals surface area contributed by atoms with Crippen LogP contribution in [0.25, 0.3) is 20.7 Å². The van der Waals surface area contributed by atoms with Crippen LogP contribution in [0.3, 0.4) is 0 Å². The lowest BCUT2D eigenvalue weighted by Crippen LogP contribution is -2.49. The Morgan fingerprint density at radius 3 is 2.32 bits per heavy atom. The molecule has 5 heterocycles. The highest BCUT2D eigenvalue weighted by molar-refractivity contribution is 7.22. The van der Waals surface area contributed by atoms with E-state index in [-0.39, 0.29) is 40.9 Å². The normalized spacial score (nSPS) is 24.7. The second-order valence-electron chi connectivity index (χ2n) is 16.2. The Morgan fingerprint density at radius 2 is 1.66 bits per heavy atom. The van der Waals surface area contributed by atoms with Crippen LogP contribution in [0.2, 0.25) is 10.0 Å². The zero-order valence-corrected chi connectivity index (χ0v) is 36.2. The first kappa shape index (κ1) is 41.7. The number of thiophene rings is 1. The number of hydrogen-bond acceptors (Lipinski definition) is 11. The van der Waals surface area contributed by atoms with Gasteiger partial charge in [0.2, 0.25) is 17.6 Å². The maximum absolute atomic E-state index is 15.3. The van der Waals surface area contributed by atoms with Crippen LogP contribution >= 0.6 is 34.5 Å². The first-order chi connectivity index (χ1) is 29.3. The summed E-state index contributed by atoms with van der Waals surface area (Å²) in [6.07, 6.45) is -3.01. The number of aromatic hydroxyl groups is 1. The number of ether oxygens (including phenoxy) is 2. The number of benzene rings is 2. The highest BCUT2D eigenvalue weighted by Crippen LogP contribution is 2.64. The summed E-state index contributed by atoms with van der Waals surface area (Å²) < 4.78 is 54.8. The molecule has 9 rings (SSSR count). The maximum Gasteiger partial charge on any atom is 0.433 e. The highest BCUT2D eigenvalue weighted by atomic mass is 35.5. The number of alkyl halides is 3. The minimum atomic E-state index is -4.84. The molecule has 0 spiro atoms. The number of methoxy groups -OCH3 is 2. The largest absolute Gasteiger partial charge is 0.502 e. The van der Waals surface area contributed by atoms with Crippen LogP contribution in [0.5, 0.6) is 17.2 Å².